The summed E-state index contributed by atoms with van der Waals surface area (Å²) in [6.45, 7) is 2.95. The highest BCUT2D eigenvalue weighted by Gasteiger charge is 2.32. The minimum absolute atomic E-state index is 0.183. The number of aliphatic hydroxyl groups is 1. The third-order valence-electron chi connectivity index (χ3n) is 2.93. The molecule has 0 saturated carbocycles. The molecule has 3 nitrogen and oxygen atoms in total. The van der Waals surface area contributed by atoms with Gasteiger partial charge in [-0.1, -0.05) is 6.92 Å². The lowest BCUT2D eigenvalue weighted by Gasteiger charge is -2.21. The Bertz CT molecular complexity index is 498. The van der Waals surface area contributed by atoms with Gasteiger partial charge in [-0.05, 0) is 31.5 Å². The molecule has 0 heterocycles. The number of hydrogen-bond acceptors (Lipinski definition) is 2. The lowest BCUT2D eigenvalue weighted by Crippen LogP contribution is -2.40. The van der Waals surface area contributed by atoms with Crippen LogP contribution in [0.15, 0.2) is 18.2 Å². The highest BCUT2D eigenvalue weighted by molar-refractivity contribution is 5.94. The van der Waals surface area contributed by atoms with Crippen molar-refractivity contribution in [2.75, 3.05) is 6.54 Å². The molecule has 7 heteroatoms. The highest BCUT2D eigenvalue weighted by Crippen LogP contribution is 2.30. The Hall–Kier alpha value is -1.63. The van der Waals surface area contributed by atoms with Crippen molar-refractivity contribution < 1.29 is 27.5 Å². The number of halogens is 4. The zero-order chi connectivity index (χ0) is 15.6. The molecule has 0 aliphatic rings. The summed E-state index contributed by atoms with van der Waals surface area (Å²) in [7, 11) is 0. The second-order valence-corrected chi connectivity index (χ2v) is 4.73. The molecule has 1 atom stereocenters. The monoisotopic (exact) mass is 293 g/mol. The second-order valence-electron chi connectivity index (χ2n) is 4.73. The van der Waals surface area contributed by atoms with E-state index in [-0.39, 0.29) is 6.54 Å². The maximum Gasteiger partial charge on any atom is 0.416 e. The van der Waals surface area contributed by atoms with Crippen LogP contribution in [0, 0.1) is 5.82 Å². The molecule has 0 spiro atoms. The molecule has 0 aromatic heterocycles. The van der Waals surface area contributed by atoms with E-state index in [1.807, 2.05) is 0 Å². The van der Waals surface area contributed by atoms with Crippen molar-refractivity contribution in [3.63, 3.8) is 0 Å². The van der Waals surface area contributed by atoms with Crippen molar-refractivity contribution in [1.29, 1.82) is 0 Å². The lowest BCUT2D eigenvalue weighted by atomic mass is 10.0. The Morgan fingerprint density at radius 3 is 2.45 bits per heavy atom. The van der Waals surface area contributed by atoms with E-state index >= 15 is 0 Å². The molecular weight excluding hydrogens is 278 g/mol. The van der Waals surface area contributed by atoms with Crippen molar-refractivity contribution in [2.24, 2.45) is 0 Å². The quantitative estimate of drug-likeness (QED) is 0.839. The fourth-order valence-electron chi connectivity index (χ4n) is 1.37. The Balaban J connectivity index is 2.93. The number of carbonyl (C=O) groups excluding carboxylic acids is 1. The van der Waals surface area contributed by atoms with Crippen molar-refractivity contribution in [2.45, 2.75) is 32.0 Å². The fourth-order valence-corrected chi connectivity index (χ4v) is 1.37. The number of amides is 1. The topological polar surface area (TPSA) is 49.3 Å². The van der Waals surface area contributed by atoms with Gasteiger partial charge in [0.2, 0.25) is 0 Å². The molecule has 0 radical (unpaired) electrons. The van der Waals surface area contributed by atoms with E-state index in [4.69, 9.17) is 0 Å². The van der Waals surface area contributed by atoms with Gasteiger partial charge >= 0.3 is 6.18 Å². The summed E-state index contributed by atoms with van der Waals surface area (Å²) < 4.78 is 50.9. The average molecular weight is 293 g/mol. The summed E-state index contributed by atoms with van der Waals surface area (Å²) in [4.78, 5) is 11.7. The molecule has 0 bridgehead atoms. The first-order valence-electron chi connectivity index (χ1n) is 5.94. The van der Waals surface area contributed by atoms with E-state index in [2.05, 4.69) is 5.32 Å². The van der Waals surface area contributed by atoms with E-state index in [1.165, 1.54) is 6.92 Å². The zero-order valence-corrected chi connectivity index (χ0v) is 11.0. The summed E-state index contributed by atoms with van der Waals surface area (Å²) in [6, 6.07) is 1.61. The number of rotatable bonds is 4. The number of benzene rings is 1. The third kappa shape index (κ3) is 4.19. The van der Waals surface area contributed by atoms with Crippen molar-refractivity contribution in [3.05, 3.63) is 35.1 Å². The molecular formula is C13H15F4NO2. The molecule has 0 fully saturated rings. The molecule has 112 valence electrons. The van der Waals surface area contributed by atoms with Gasteiger partial charge in [-0.15, -0.1) is 0 Å². The lowest BCUT2D eigenvalue weighted by molar-refractivity contribution is -0.137. The summed E-state index contributed by atoms with van der Waals surface area (Å²) in [5, 5.41) is 11.9. The van der Waals surface area contributed by atoms with Gasteiger partial charge in [0.1, 0.15) is 5.82 Å². The number of carbonyl (C=O) groups is 1. The van der Waals surface area contributed by atoms with Gasteiger partial charge in [0, 0.05) is 6.54 Å². The number of hydrogen-bond donors (Lipinski definition) is 2. The normalized spacial score (nSPS) is 14.8. The SMILES string of the molecule is CCC(C)(O)CNC(=O)c1cc(C(F)(F)F)ccc1F. The molecule has 0 aliphatic heterocycles. The Kier molecular flexibility index (Phi) is 4.75. The molecule has 20 heavy (non-hydrogen) atoms. The van der Waals surface area contributed by atoms with Gasteiger partial charge in [-0.2, -0.15) is 13.2 Å². The summed E-state index contributed by atoms with van der Waals surface area (Å²) >= 11 is 0. The van der Waals surface area contributed by atoms with Gasteiger partial charge < -0.3 is 10.4 Å². The first-order valence-corrected chi connectivity index (χ1v) is 5.94. The molecule has 1 rings (SSSR count). The Labute approximate surface area is 113 Å². The van der Waals surface area contributed by atoms with Gasteiger partial charge in [-0.25, -0.2) is 4.39 Å². The molecule has 1 aromatic carbocycles. The van der Waals surface area contributed by atoms with Crippen LogP contribution in [0.25, 0.3) is 0 Å². The van der Waals surface area contributed by atoms with E-state index in [1.54, 1.807) is 6.92 Å². The summed E-state index contributed by atoms with van der Waals surface area (Å²) in [5.41, 5.74) is -3.01. The van der Waals surface area contributed by atoms with E-state index in [0.29, 0.717) is 24.6 Å². The van der Waals surface area contributed by atoms with E-state index in [0.717, 1.165) is 0 Å². The summed E-state index contributed by atoms with van der Waals surface area (Å²) in [5.74, 6) is -2.05. The van der Waals surface area contributed by atoms with Gasteiger partial charge in [0.25, 0.3) is 5.91 Å². The van der Waals surface area contributed by atoms with Crippen LogP contribution in [0.3, 0.4) is 0 Å². The number of alkyl halides is 3. The van der Waals surface area contributed by atoms with E-state index in [9.17, 15) is 27.5 Å². The first kappa shape index (κ1) is 16.4. The minimum Gasteiger partial charge on any atom is -0.388 e. The van der Waals surface area contributed by atoms with Gasteiger partial charge in [0.05, 0.1) is 16.7 Å². The van der Waals surface area contributed by atoms with Crippen LogP contribution >= 0.6 is 0 Å². The van der Waals surface area contributed by atoms with Crippen LogP contribution in [0.5, 0.6) is 0 Å². The molecule has 1 aromatic rings. The highest BCUT2D eigenvalue weighted by atomic mass is 19.4. The maximum atomic E-state index is 13.4. The molecule has 1 unspecified atom stereocenters. The standard InChI is InChI=1S/C13H15F4NO2/c1-3-12(2,20)7-18-11(19)9-6-8(13(15,16)17)4-5-10(9)14/h4-6,20H,3,7H2,1-2H3,(H,18,19). The maximum absolute atomic E-state index is 13.4. The fraction of sp³-hybridized carbons (Fsp3) is 0.462. The van der Waals surface area contributed by atoms with Crippen molar-refractivity contribution in [1.82, 2.24) is 5.32 Å². The van der Waals surface area contributed by atoms with Crippen LogP contribution < -0.4 is 5.32 Å². The zero-order valence-electron chi connectivity index (χ0n) is 11.0. The molecule has 2 N–H and O–H groups in total. The van der Waals surface area contributed by atoms with Crippen LogP contribution in [0.4, 0.5) is 17.6 Å². The summed E-state index contributed by atoms with van der Waals surface area (Å²) in [6.07, 6.45) is -4.32. The van der Waals surface area contributed by atoms with Crippen molar-refractivity contribution in [3.8, 4) is 0 Å². The Morgan fingerprint density at radius 1 is 1.35 bits per heavy atom. The molecule has 0 aliphatic carbocycles. The van der Waals surface area contributed by atoms with Crippen LogP contribution in [-0.4, -0.2) is 23.2 Å². The third-order valence-corrected chi connectivity index (χ3v) is 2.93. The first-order chi connectivity index (χ1) is 9.07. The second kappa shape index (κ2) is 5.78. The molecule has 1 amide bonds. The smallest absolute Gasteiger partial charge is 0.388 e. The van der Waals surface area contributed by atoms with Crippen LogP contribution in [0.2, 0.25) is 0 Å². The largest absolute Gasteiger partial charge is 0.416 e. The molecule has 0 saturated heterocycles. The van der Waals surface area contributed by atoms with Gasteiger partial charge in [-0.3, -0.25) is 4.79 Å². The Morgan fingerprint density at radius 2 is 1.95 bits per heavy atom. The predicted octanol–water partition coefficient (Wildman–Crippen LogP) is 2.74. The minimum atomic E-state index is -4.66. The van der Waals surface area contributed by atoms with E-state index < -0.39 is 34.6 Å². The van der Waals surface area contributed by atoms with Crippen LogP contribution in [-0.2, 0) is 6.18 Å². The van der Waals surface area contributed by atoms with Crippen molar-refractivity contribution >= 4 is 5.91 Å². The number of nitrogens with one attached hydrogen (secondary N) is 1. The van der Waals surface area contributed by atoms with Gasteiger partial charge in [0.15, 0.2) is 0 Å². The average Bonchev–Trinajstić information content (AvgIpc) is 2.35. The van der Waals surface area contributed by atoms with Crippen LogP contribution in [0.1, 0.15) is 36.2 Å². The predicted molar refractivity (Wildman–Crippen MR) is 64.7 cm³/mol.